The molecule has 3 amide bonds. The lowest BCUT2D eigenvalue weighted by molar-refractivity contribution is -0.384. The standard InChI is InChI=1S/C24H19Cl2N3O6/c25-17-8-5-15(10-18(17)26)22(31)27(11-19(30)12-3-6-16(7-4-12)29(34)35)28-23(32)20-13-1-2-14(9-13)21(20)24(28)33/h3-8,10,13-14,20-21H,1-2,9,11H2/t13-,14-,20-,21-/m0/s1. The first-order valence-corrected chi connectivity index (χ1v) is 11.8. The quantitative estimate of drug-likeness (QED) is 0.246. The molecule has 35 heavy (non-hydrogen) atoms. The number of imide groups is 1. The molecule has 0 aromatic heterocycles. The van der Waals surface area contributed by atoms with Crippen LogP contribution in [0.2, 0.25) is 10.0 Å². The Hall–Kier alpha value is -3.30. The predicted octanol–water partition coefficient (Wildman–Crippen LogP) is 4.17. The van der Waals surface area contributed by atoms with E-state index < -0.39 is 46.8 Å². The molecule has 1 heterocycles. The molecule has 2 aromatic rings. The van der Waals surface area contributed by atoms with E-state index in [4.69, 9.17) is 23.2 Å². The molecule has 2 aliphatic carbocycles. The number of ketones is 1. The van der Waals surface area contributed by atoms with Crippen molar-refractivity contribution < 1.29 is 24.1 Å². The minimum atomic E-state index is -0.757. The maximum atomic E-state index is 13.5. The summed E-state index contributed by atoms with van der Waals surface area (Å²) in [6.07, 6.45) is 2.55. The van der Waals surface area contributed by atoms with Crippen molar-refractivity contribution in [3.63, 3.8) is 0 Å². The number of halogens is 2. The highest BCUT2D eigenvalue weighted by molar-refractivity contribution is 6.42. The highest BCUT2D eigenvalue weighted by Crippen LogP contribution is 2.56. The van der Waals surface area contributed by atoms with Gasteiger partial charge in [0.05, 0.1) is 26.8 Å². The summed E-state index contributed by atoms with van der Waals surface area (Å²) in [5.41, 5.74) is -0.0445. The average Bonchev–Trinajstić information content (AvgIpc) is 3.53. The average molecular weight is 516 g/mol. The molecule has 11 heteroatoms. The van der Waals surface area contributed by atoms with E-state index in [1.165, 1.54) is 42.5 Å². The first-order chi connectivity index (χ1) is 16.7. The van der Waals surface area contributed by atoms with Gasteiger partial charge in [0.2, 0.25) is 0 Å². The number of amides is 3. The fourth-order valence-electron chi connectivity index (χ4n) is 5.64. The van der Waals surface area contributed by atoms with Gasteiger partial charge in [0, 0.05) is 23.3 Å². The largest absolute Gasteiger partial charge is 0.292 e. The van der Waals surface area contributed by atoms with Crippen LogP contribution in [-0.2, 0) is 9.59 Å². The van der Waals surface area contributed by atoms with Gasteiger partial charge < -0.3 is 0 Å². The number of benzene rings is 2. The molecule has 0 N–H and O–H groups in total. The van der Waals surface area contributed by atoms with Gasteiger partial charge in [-0.2, -0.15) is 5.01 Å². The second kappa shape index (κ2) is 8.73. The predicted molar refractivity (Wildman–Crippen MR) is 125 cm³/mol. The van der Waals surface area contributed by atoms with Crippen molar-refractivity contribution in [2.24, 2.45) is 23.7 Å². The molecule has 0 spiro atoms. The Balaban J connectivity index is 1.49. The summed E-state index contributed by atoms with van der Waals surface area (Å²) >= 11 is 12.0. The van der Waals surface area contributed by atoms with Crippen LogP contribution in [0, 0.1) is 33.8 Å². The number of nitro benzene ring substituents is 1. The maximum absolute atomic E-state index is 13.5. The van der Waals surface area contributed by atoms with Crippen LogP contribution in [0.3, 0.4) is 0 Å². The van der Waals surface area contributed by atoms with Crippen LogP contribution in [0.4, 0.5) is 5.69 Å². The lowest BCUT2D eigenvalue weighted by Gasteiger charge is -2.31. The SMILES string of the molecule is O=C(CN(C(=O)c1ccc(Cl)c(Cl)c1)N1C(=O)[C@H]2[C@H]3CC[C@@H](C3)[C@@H]2C1=O)c1ccc([N+](=O)[O-])cc1. The molecule has 5 rings (SSSR count). The van der Waals surface area contributed by atoms with Gasteiger partial charge in [-0.15, -0.1) is 0 Å². The Morgan fingerprint density at radius 1 is 0.943 bits per heavy atom. The summed E-state index contributed by atoms with van der Waals surface area (Å²) in [6.45, 7) is -0.608. The molecular formula is C24H19Cl2N3O6. The van der Waals surface area contributed by atoms with Gasteiger partial charge in [-0.05, 0) is 61.4 Å². The maximum Gasteiger partial charge on any atom is 0.273 e. The van der Waals surface area contributed by atoms with Gasteiger partial charge in [-0.1, -0.05) is 23.2 Å². The summed E-state index contributed by atoms with van der Waals surface area (Å²) in [5.74, 6) is -3.08. The van der Waals surface area contributed by atoms with Crippen molar-refractivity contribution in [1.82, 2.24) is 10.0 Å². The Kier molecular flexibility index (Phi) is 5.85. The number of rotatable bonds is 6. The lowest BCUT2D eigenvalue weighted by atomic mass is 9.81. The smallest absolute Gasteiger partial charge is 0.273 e. The van der Waals surface area contributed by atoms with Crippen LogP contribution in [0.1, 0.15) is 40.0 Å². The zero-order valence-corrected chi connectivity index (χ0v) is 19.7. The van der Waals surface area contributed by atoms with Crippen LogP contribution >= 0.6 is 23.2 Å². The molecular weight excluding hydrogens is 497 g/mol. The molecule has 2 saturated carbocycles. The van der Waals surface area contributed by atoms with Crippen molar-refractivity contribution in [1.29, 1.82) is 0 Å². The number of carbonyl (C=O) groups excluding carboxylic acids is 4. The molecule has 2 aromatic carbocycles. The second-order valence-corrected chi connectivity index (χ2v) is 9.91. The minimum absolute atomic E-state index is 0.0523. The molecule has 4 atom stereocenters. The molecule has 9 nitrogen and oxygen atoms in total. The van der Waals surface area contributed by atoms with Crippen molar-refractivity contribution >= 4 is 52.4 Å². The van der Waals surface area contributed by atoms with E-state index in [0.29, 0.717) is 0 Å². The van der Waals surface area contributed by atoms with E-state index >= 15 is 0 Å². The van der Waals surface area contributed by atoms with Crippen molar-refractivity contribution in [3.05, 3.63) is 73.8 Å². The van der Waals surface area contributed by atoms with Crippen molar-refractivity contribution in [3.8, 4) is 0 Å². The van der Waals surface area contributed by atoms with E-state index in [1.54, 1.807) is 0 Å². The van der Waals surface area contributed by atoms with Crippen LogP contribution in [0.25, 0.3) is 0 Å². The summed E-state index contributed by atoms with van der Waals surface area (Å²) in [4.78, 5) is 63.8. The Morgan fingerprint density at radius 2 is 1.51 bits per heavy atom. The zero-order chi connectivity index (χ0) is 25.0. The Labute approximate surface area is 209 Å². The molecule has 1 saturated heterocycles. The third kappa shape index (κ3) is 3.88. The lowest BCUT2D eigenvalue weighted by Crippen LogP contribution is -2.52. The number of hydrogen-bond donors (Lipinski definition) is 0. The van der Waals surface area contributed by atoms with Gasteiger partial charge >= 0.3 is 0 Å². The molecule has 1 aliphatic heterocycles. The number of fused-ring (bicyclic) bond motifs is 5. The topological polar surface area (TPSA) is 118 Å². The third-order valence-electron chi connectivity index (χ3n) is 7.24. The van der Waals surface area contributed by atoms with Crippen LogP contribution < -0.4 is 0 Å². The van der Waals surface area contributed by atoms with E-state index in [9.17, 15) is 29.3 Å². The summed E-state index contributed by atoms with van der Waals surface area (Å²) in [7, 11) is 0. The zero-order valence-electron chi connectivity index (χ0n) is 18.2. The fourth-order valence-corrected chi connectivity index (χ4v) is 5.94. The number of non-ortho nitro benzene ring substituents is 1. The number of carbonyl (C=O) groups is 4. The minimum Gasteiger partial charge on any atom is -0.292 e. The number of nitrogens with zero attached hydrogens (tertiary/aromatic N) is 3. The van der Waals surface area contributed by atoms with Gasteiger partial charge in [0.25, 0.3) is 23.4 Å². The van der Waals surface area contributed by atoms with E-state index in [2.05, 4.69) is 0 Å². The molecule has 3 fully saturated rings. The van der Waals surface area contributed by atoms with E-state index in [0.717, 1.165) is 29.3 Å². The van der Waals surface area contributed by atoms with E-state index in [1.807, 2.05) is 0 Å². The second-order valence-electron chi connectivity index (χ2n) is 9.09. The first-order valence-electron chi connectivity index (χ1n) is 11.1. The van der Waals surface area contributed by atoms with Crippen LogP contribution in [0.15, 0.2) is 42.5 Å². The highest BCUT2D eigenvalue weighted by atomic mass is 35.5. The number of hydrogen-bond acceptors (Lipinski definition) is 6. The monoisotopic (exact) mass is 515 g/mol. The number of Topliss-reactive ketones (excluding diaryl/α,β-unsaturated/α-hetero) is 1. The molecule has 0 radical (unpaired) electrons. The Bertz CT molecular complexity index is 1250. The van der Waals surface area contributed by atoms with Gasteiger partial charge in [0.15, 0.2) is 5.78 Å². The number of hydrazine groups is 1. The summed E-state index contributed by atoms with van der Waals surface area (Å²) in [6, 6.07) is 9.01. The van der Waals surface area contributed by atoms with Crippen LogP contribution in [-0.4, -0.2) is 45.0 Å². The highest BCUT2D eigenvalue weighted by Gasteiger charge is 2.62. The molecule has 3 aliphatic rings. The van der Waals surface area contributed by atoms with Gasteiger partial charge in [0.1, 0.15) is 6.54 Å². The fraction of sp³-hybridized carbons (Fsp3) is 0.333. The van der Waals surface area contributed by atoms with Gasteiger partial charge in [-0.3, -0.25) is 29.3 Å². The summed E-state index contributed by atoms with van der Waals surface area (Å²) < 4.78 is 0. The molecule has 180 valence electrons. The third-order valence-corrected chi connectivity index (χ3v) is 7.98. The first kappa shape index (κ1) is 23.4. The normalized spacial score (nSPS) is 24.6. The molecule has 0 unspecified atom stereocenters. The van der Waals surface area contributed by atoms with Gasteiger partial charge in [-0.25, -0.2) is 5.01 Å². The Morgan fingerprint density at radius 3 is 2.06 bits per heavy atom. The molecule has 2 bridgehead atoms. The van der Waals surface area contributed by atoms with E-state index in [-0.39, 0.29) is 38.7 Å². The summed E-state index contributed by atoms with van der Waals surface area (Å²) in [5, 5.41) is 12.9. The number of nitro groups is 1. The van der Waals surface area contributed by atoms with Crippen molar-refractivity contribution in [2.75, 3.05) is 6.54 Å². The van der Waals surface area contributed by atoms with Crippen LogP contribution in [0.5, 0.6) is 0 Å². The van der Waals surface area contributed by atoms with Crippen molar-refractivity contribution in [2.45, 2.75) is 19.3 Å².